The van der Waals surface area contributed by atoms with Crippen molar-refractivity contribution < 1.29 is 29.3 Å². The normalized spacial score (nSPS) is 19.3. The predicted molar refractivity (Wildman–Crippen MR) is 148 cm³/mol. The van der Waals surface area contributed by atoms with Crippen LogP contribution in [0.25, 0.3) is 22.4 Å². The predicted octanol–water partition coefficient (Wildman–Crippen LogP) is 2.02. The van der Waals surface area contributed by atoms with Crippen LogP contribution in [0.3, 0.4) is 0 Å². The number of nitrogens with one attached hydrogen (secondary N) is 1. The fourth-order valence-corrected chi connectivity index (χ4v) is 6.21. The fraction of sp³-hybridized carbons (Fsp3) is 0.483. The number of carbonyl (C=O) groups is 2. The molecule has 1 aliphatic carbocycles. The van der Waals surface area contributed by atoms with Crippen molar-refractivity contribution >= 4 is 23.0 Å². The third-order valence-electron chi connectivity index (χ3n) is 8.59. The lowest BCUT2D eigenvalue weighted by molar-refractivity contribution is -0.189. The fourth-order valence-electron chi connectivity index (χ4n) is 6.21. The number of carboxylic acids is 1. The van der Waals surface area contributed by atoms with Crippen molar-refractivity contribution in [2.75, 3.05) is 40.0 Å². The average Bonchev–Trinajstić information content (AvgIpc) is 2.93. The van der Waals surface area contributed by atoms with E-state index in [1.54, 1.807) is 31.4 Å². The maximum absolute atomic E-state index is 13.8. The minimum absolute atomic E-state index is 0.0106. The summed E-state index contributed by atoms with van der Waals surface area (Å²) in [6.07, 6.45) is 4.16. The molecule has 3 fully saturated rings. The molecule has 0 bridgehead atoms. The lowest BCUT2D eigenvalue weighted by atomic mass is 9.78. The number of carbonyl (C=O) groups excluding carboxylic acids is 1. The summed E-state index contributed by atoms with van der Waals surface area (Å²) in [4.78, 5) is 50.9. The van der Waals surface area contributed by atoms with Crippen molar-refractivity contribution in [2.24, 2.45) is 5.41 Å². The van der Waals surface area contributed by atoms with Gasteiger partial charge in [0.05, 0.1) is 32.2 Å². The van der Waals surface area contributed by atoms with Crippen LogP contribution in [0.15, 0.2) is 35.3 Å². The van der Waals surface area contributed by atoms with E-state index >= 15 is 0 Å². The number of aliphatic carboxylic acids is 1. The first-order chi connectivity index (χ1) is 19.7. The quantitative estimate of drug-likeness (QED) is 0.371. The van der Waals surface area contributed by atoms with E-state index < -0.39 is 34.3 Å². The molecule has 6 rings (SSSR count). The second kappa shape index (κ2) is 10.4. The van der Waals surface area contributed by atoms with Crippen molar-refractivity contribution in [3.05, 3.63) is 46.4 Å². The maximum Gasteiger partial charge on any atom is 0.329 e. The standard InChI is InChI=1S/C29H33N5O7/c1-40-19-7-5-18(6-8-19)20-13-30-24-22(31-20)23(35)21(25(36)32-29(27(38)39)9-3-2-4-10-29)26(37)34(24)12-11-33-14-28(15-33)16-41-17-28/h5-8,13,35H,2-4,9-12,14-17H2,1H3,(H,32,36)(H,38,39). The molecule has 3 N–H and O–H groups in total. The number of aromatic nitrogens is 3. The van der Waals surface area contributed by atoms with Crippen LogP contribution in [0, 0.1) is 5.41 Å². The second-order valence-electron chi connectivity index (χ2n) is 11.4. The number of hydrogen-bond donors (Lipinski definition) is 3. The second-order valence-corrected chi connectivity index (χ2v) is 11.4. The summed E-state index contributed by atoms with van der Waals surface area (Å²) < 4.78 is 11.9. The van der Waals surface area contributed by atoms with Crippen LogP contribution in [-0.2, 0) is 16.1 Å². The number of hydrogen-bond acceptors (Lipinski definition) is 9. The molecule has 216 valence electrons. The molecule has 0 atom stereocenters. The van der Waals surface area contributed by atoms with Crippen LogP contribution in [-0.4, -0.2) is 87.0 Å². The lowest BCUT2D eigenvalue weighted by Crippen LogP contribution is -2.66. The first kappa shape index (κ1) is 27.2. The summed E-state index contributed by atoms with van der Waals surface area (Å²) in [7, 11) is 1.57. The molecule has 4 heterocycles. The van der Waals surface area contributed by atoms with Gasteiger partial charge in [0.15, 0.2) is 11.4 Å². The number of methoxy groups -OCH3 is 1. The van der Waals surface area contributed by atoms with Crippen molar-refractivity contribution in [1.29, 1.82) is 0 Å². The highest BCUT2D eigenvalue weighted by atomic mass is 16.5. The topological polar surface area (TPSA) is 156 Å². The van der Waals surface area contributed by atoms with Crippen LogP contribution in [0.5, 0.6) is 11.5 Å². The number of fused-ring (bicyclic) bond motifs is 1. The molecule has 12 heteroatoms. The molecular weight excluding hydrogens is 530 g/mol. The number of carboxylic acid groups (broad SMARTS) is 1. The van der Waals surface area contributed by atoms with E-state index in [4.69, 9.17) is 9.47 Å². The van der Waals surface area contributed by atoms with E-state index in [0.29, 0.717) is 36.4 Å². The van der Waals surface area contributed by atoms with Gasteiger partial charge in [0.1, 0.15) is 22.4 Å². The van der Waals surface area contributed by atoms with Gasteiger partial charge in [-0.2, -0.15) is 0 Å². The number of rotatable bonds is 8. The van der Waals surface area contributed by atoms with Crippen molar-refractivity contribution in [2.45, 2.75) is 44.2 Å². The van der Waals surface area contributed by atoms with Gasteiger partial charge in [0, 0.05) is 37.2 Å². The molecule has 1 spiro atoms. The van der Waals surface area contributed by atoms with E-state index in [1.807, 2.05) is 0 Å². The van der Waals surface area contributed by atoms with E-state index in [-0.39, 0.29) is 36.0 Å². The number of nitrogens with zero attached hydrogens (tertiary/aromatic N) is 4. The summed E-state index contributed by atoms with van der Waals surface area (Å²) in [6.45, 7) is 3.94. The Morgan fingerprint density at radius 3 is 2.41 bits per heavy atom. The molecule has 2 aromatic heterocycles. The van der Waals surface area contributed by atoms with Crippen LogP contribution < -0.4 is 15.6 Å². The molecule has 0 radical (unpaired) electrons. The van der Waals surface area contributed by atoms with Crippen molar-refractivity contribution in [3.63, 3.8) is 0 Å². The number of ether oxygens (including phenoxy) is 2. The summed E-state index contributed by atoms with van der Waals surface area (Å²) in [5, 5.41) is 23.9. The van der Waals surface area contributed by atoms with Crippen LogP contribution >= 0.6 is 0 Å². The summed E-state index contributed by atoms with van der Waals surface area (Å²) in [5.41, 5.74) is -1.31. The largest absolute Gasteiger partial charge is 0.505 e. The highest BCUT2D eigenvalue weighted by Crippen LogP contribution is 2.37. The molecule has 1 aromatic carbocycles. The molecule has 3 aromatic rings. The number of benzene rings is 1. The van der Waals surface area contributed by atoms with Gasteiger partial charge in [-0.25, -0.2) is 14.8 Å². The highest BCUT2D eigenvalue weighted by Gasteiger charge is 2.48. The van der Waals surface area contributed by atoms with E-state index in [2.05, 4.69) is 20.2 Å². The van der Waals surface area contributed by atoms with Gasteiger partial charge in [0.25, 0.3) is 11.5 Å². The summed E-state index contributed by atoms with van der Waals surface area (Å²) in [5.74, 6) is -2.04. The Bertz CT molecular complexity index is 1550. The van der Waals surface area contributed by atoms with Gasteiger partial charge >= 0.3 is 5.97 Å². The molecule has 41 heavy (non-hydrogen) atoms. The van der Waals surface area contributed by atoms with Gasteiger partial charge in [-0.15, -0.1) is 0 Å². The Balaban J connectivity index is 1.40. The molecule has 3 aliphatic rings. The Kier molecular flexibility index (Phi) is 6.90. The molecule has 12 nitrogen and oxygen atoms in total. The van der Waals surface area contributed by atoms with Crippen molar-refractivity contribution in [3.8, 4) is 22.8 Å². The zero-order chi connectivity index (χ0) is 28.8. The molecule has 1 saturated carbocycles. The third-order valence-corrected chi connectivity index (χ3v) is 8.59. The lowest BCUT2D eigenvalue weighted by Gasteiger charge is -2.55. The number of likely N-dealkylation sites (tertiary alicyclic amines) is 1. The Morgan fingerprint density at radius 2 is 1.80 bits per heavy atom. The van der Waals surface area contributed by atoms with Crippen LogP contribution in [0.1, 0.15) is 42.5 Å². The van der Waals surface area contributed by atoms with Gasteiger partial charge in [-0.05, 0) is 37.1 Å². The smallest absolute Gasteiger partial charge is 0.329 e. The van der Waals surface area contributed by atoms with Gasteiger partial charge in [0.2, 0.25) is 0 Å². The Hall–Kier alpha value is -4.03. The van der Waals surface area contributed by atoms with E-state index in [9.17, 15) is 24.6 Å². The number of aromatic hydroxyl groups is 1. The Labute approximate surface area is 235 Å². The van der Waals surface area contributed by atoms with Gasteiger partial charge < -0.3 is 29.9 Å². The van der Waals surface area contributed by atoms with E-state index in [0.717, 1.165) is 32.7 Å². The molecule has 2 aliphatic heterocycles. The maximum atomic E-state index is 13.8. The third kappa shape index (κ3) is 4.80. The molecule has 0 unspecified atom stereocenters. The van der Waals surface area contributed by atoms with E-state index in [1.165, 1.54) is 10.8 Å². The molecule has 1 amide bonds. The number of pyridine rings is 1. The monoisotopic (exact) mass is 563 g/mol. The first-order valence-corrected chi connectivity index (χ1v) is 13.9. The molecular formula is C29H33N5O7. The van der Waals surface area contributed by atoms with Crippen LogP contribution in [0.2, 0.25) is 0 Å². The zero-order valence-electron chi connectivity index (χ0n) is 22.9. The molecule has 2 saturated heterocycles. The van der Waals surface area contributed by atoms with Crippen molar-refractivity contribution in [1.82, 2.24) is 24.8 Å². The average molecular weight is 564 g/mol. The first-order valence-electron chi connectivity index (χ1n) is 13.9. The number of amides is 1. The van der Waals surface area contributed by atoms with Gasteiger partial charge in [-0.3, -0.25) is 14.2 Å². The van der Waals surface area contributed by atoms with Gasteiger partial charge in [-0.1, -0.05) is 19.3 Å². The summed E-state index contributed by atoms with van der Waals surface area (Å²) in [6, 6.07) is 7.12. The Morgan fingerprint density at radius 1 is 1.10 bits per heavy atom. The highest BCUT2D eigenvalue weighted by molar-refractivity contribution is 6.03. The summed E-state index contributed by atoms with van der Waals surface area (Å²) >= 11 is 0. The minimum Gasteiger partial charge on any atom is -0.505 e. The zero-order valence-corrected chi connectivity index (χ0v) is 22.9. The van der Waals surface area contributed by atoms with Crippen LogP contribution in [0.4, 0.5) is 0 Å². The minimum atomic E-state index is -1.50. The SMILES string of the molecule is COc1ccc(-c2cnc3c(n2)c(O)c(C(=O)NC2(C(=O)O)CCCCC2)c(=O)n3CCN2CC3(COC3)C2)cc1.